The molecule has 1 heterocycles. The first-order valence-corrected chi connectivity index (χ1v) is 7.80. The Labute approximate surface area is 119 Å². The molecule has 1 N–H and O–H groups in total. The molecule has 1 aliphatic rings. The van der Waals surface area contributed by atoms with Gasteiger partial charge in [-0.05, 0) is 32.6 Å². The van der Waals surface area contributed by atoms with Gasteiger partial charge in [0.2, 0.25) is 5.91 Å². The molecule has 1 saturated heterocycles. The van der Waals surface area contributed by atoms with Crippen LogP contribution in [0, 0.1) is 6.92 Å². The first-order valence-electron chi connectivity index (χ1n) is 6.57. The van der Waals surface area contributed by atoms with Crippen LogP contribution in [0.5, 0.6) is 0 Å². The molecule has 1 atom stereocenters. The van der Waals surface area contributed by atoms with Crippen molar-refractivity contribution in [3.8, 4) is 0 Å². The van der Waals surface area contributed by atoms with Gasteiger partial charge in [0.05, 0.1) is 6.54 Å². The van der Waals surface area contributed by atoms with Crippen LogP contribution in [0.25, 0.3) is 0 Å². The fourth-order valence-corrected chi connectivity index (χ4v) is 2.60. The van der Waals surface area contributed by atoms with Gasteiger partial charge >= 0.3 is 0 Å². The van der Waals surface area contributed by atoms with Gasteiger partial charge in [-0.3, -0.25) is 10.1 Å². The van der Waals surface area contributed by atoms with Crippen molar-refractivity contribution in [1.82, 2.24) is 10.2 Å². The minimum Gasteiger partial charge on any atom is -0.320 e. The Morgan fingerprint density at radius 1 is 1.47 bits per heavy atom. The Morgan fingerprint density at radius 2 is 2.21 bits per heavy atom. The van der Waals surface area contributed by atoms with Gasteiger partial charge in [-0.15, -0.1) is 0 Å². The van der Waals surface area contributed by atoms with E-state index in [-0.39, 0.29) is 16.8 Å². The Morgan fingerprint density at radius 3 is 2.84 bits per heavy atom. The molecule has 0 radical (unpaired) electrons. The lowest BCUT2D eigenvalue weighted by Gasteiger charge is -2.32. The summed E-state index contributed by atoms with van der Waals surface area (Å²) < 4.78 is 0.0732. The molecule has 1 amide bonds. The summed E-state index contributed by atoms with van der Waals surface area (Å²) in [5.41, 5.74) is 2.39. The van der Waals surface area contributed by atoms with Crippen molar-refractivity contribution in [3.63, 3.8) is 0 Å². The van der Waals surface area contributed by atoms with E-state index in [0.29, 0.717) is 6.54 Å². The standard InChI is InChI=1S/C15H22N2OS/c1-11-6-5-7-12(8-11)14-16-9-13(18)17(14)10-15(2,3)19-4/h5-8,14,16H,9-10H2,1-4H3. The Balaban J connectivity index is 2.22. The van der Waals surface area contributed by atoms with Gasteiger partial charge in [-0.1, -0.05) is 29.8 Å². The number of hydrogen-bond donors (Lipinski definition) is 1. The molecule has 3 nitrogen and oxygen atoms in total. The molecular formula is C15H22N2OS. The molecule has 0 saturated carbocycles. The molecular weight excluding hydrogens is 256 g/mol. The number of hydrogen-bond acceptors (Lipinski definition) is 3. The maximum Gasteiger partial charge on any atom is 0.238 e. The van der Waals surface area contributed by atoms with E-state index in [1.165, 1.54) is 11.1 Å². The number of nitrogens with one attached hydrogen (secondary N) is 1. The third-order valence-electron chi connectivity index (χ3n) is 3.54. The molecule has 0 aromatic heterocycles. The molecule has 1 unspecified atom stereocenters. The van der Waals surface area contributed by atoms with Gasteiger partial charge in [0, 0.05) is 11.3 Å². The van der Waals surface area contributed by atoms with Gasteiger partial charge in [-0.25, -0.2) is 0 Å². The summed E-state index contributed by atoms with van der Waals surface area (Å²) in [7, 11) is 0. The molecule has 1 fully saturated rings. The zero-order valence-electron chi connectivity index (χ0n) is 12.1. The van der Waals surface area contributed by atoms with Crippen LogP contribution in [0.3, 0.4) is 0 Å². The molecule has 1 aliphatic heterocycles. The Kier molecular flexibility index (Phi) is 4.21. The molecule has 1 aromatic rings. The number of amides is 1. The lowest BCUT2D eigenvalue weighted by Crippen LogP contribution is -2.40. The minimum atomic E-state index is 0.0128. The van der Waals surface area contributed by atoms with E-state index in [4.69, 9.17) is 0 Å². The first-order chi connectivity index (χ1) is 8.93. The summed E-state index contributed by atoms with van der Waals surface area (Å²) in [6.07, 6.45) is 2.11. The maximum absolute atomic E-state index is 12.1. The van der Waals surface area contributed by atoms with Crippen LogP contribution in [0.4, 0.5) is 0 Å². The van der Waals surface area contributed by atoms with Crippen LogP contribution >= 0.6 is 11.8 Å². The van der Waals surface area contributed by atoms with Crippen molar-refractivity contribution in [1.29, 1.82) is 0 Å². The number of rotatable bonds is 4. The third kappa shape index (κ3) is 3.31. The number of carbonyl (C=O) groups is 1. The molecule has 0 spiro atoms. The van der Waals surface area contributed by atoms with Crippen LogP contribution in [0.15, 0.2) is 24.3 Å². The average Bonchev–Trinajstić information content (AvgIpc) is 2.71. The molecule has 0 bridgehead atoms. The van der Waals surface area contributed by atoms with Gasteiger partial charge in [0.15, 0.2) is 0 Å². The second-order valence-corrected chi connectivity index (χ2v) is 7.20. The van der Waals surface area contributed by atoms with E-state index < -0.39 is 0 Å². The highest BCUT2D eigenvalue weighted by Gasteiger charge is 2.35. The number of benzene rings is 1. The monoisotopic (exact) mass is 278 g/mol. The predicted molar refractivity (Wildman–Crippen MR) is 81.2 cm³/mol. The maximum atomic E-state index is 12.1. The fraction of sp³-hybridized carbons (Fsp3) is 0.533. The molecule has 0 aliphatic carbocycles. The summed E-state index contributed by atoms with van der Waals surface area (Å²) in [6, 6.07) is 8.36. The van der Waals surface area contributed by atoms with Gasteiger partial charge in [0.1, 0.15) is 6.17 Å². The number of carbonyl (C=O) groups excluding carboxylic acids is 1. The second-order valence-electron chi connectivity index (χ2n) is 5.68. The van der Waals surface area contributed by atoms with Gasteiger partial charge in [0.25, 0.3) is 0 Å². The highest BCUT2D eigenvalue weighted by Crippen LogP contribution is 2.29. The van der Waals surface area contributed by atoms with E-state index in [1.54, 1.807) is 11.8 Å². The zero-order chi connectivity index (χ0) is 14.0. The van der Waals surface area contributed by atoms with E-state index >= 15 is 0 Å². The minimum absolute atomic E-state index is 0.0128. The lowest BCUT2D eigenvalue weighted by atomic mass is 10.1. The van der Waals surface area contributed by atoms with Crippen molar-refractivity contribution in [3.05, 3.63) is 35.4 Å². The fourth-order valence-electron chi connectivity index (χ4n) is 2.33. The lowest BCUT2D eigenvalue weighted by molar-refractivity contribution is -0.128. The topological polar surface area (TPSA) is 32.3 Å². The number of nitrogens with zero attached hydrogens (tertiary/aromatic N) is 1. The van der Waals surface area contributed by atoms with Gasteiger partial charge < -0.3 is 4.90 Å². The van der Waals surface area contributed by atoms with Crippen LogP contribution in [-0.4, -0.2) is 34.9 Å². The van der Waals surface area contributed by atoms with E-state index in [2.05, 4.69) is 50.5 Å². The highest BCUT2D eigenvalue weighted by molar-refractivity contribution is 7.99. The molecule has 104 valence electrons. The van der Waals surface area contributed by atoms with E-state index in [1.807, 2.05) is 11.0 Å². The van der Waals surface area contributed by atoms with Crippen molar-refractivity contribution in [2.45, 2.75) is 31.7 Å². The van der Waals surface area contributed by atoms with Crippen molar-refractivity contribution >= 4 is 17.7 Å². The van der Waals surface area contributed by atoms with Crippen molar-refractivity contribution in [2.75, 3.05) is 19.3 Å². The van der Waals surface area contributed by atoms with Crippen LogP contribution in [-0.2, 0) is 4.79 Å². The molecule has 19 heavy (non-hydrogen) atoms. The third-order valence-corrected chi connectivity index (χ3v) is 4.77. The smallest absolute Gasteiger partial charge is 0.238 e. The van der Waals surface area contributed by atoms with E-state index in [0.717, 1.165) is 6.54 Å². The van der Waals surface area contributed by atoms with E-state index in [9.17, 15) is 4.79 Å². The Hall–Kier alpha value is -1.00. The normalized spacial score (nSPS) is 20.1. The van der Waals surface area contributed by atoms with Crippen molar-refractivity contribution in [2.24, 2.45) is 0 Å². The SMILES string of the molecule is CSC(C)(C)CN1C(=O)CNC1c1cccc(C)c1. The second kappa shape index (κ2) is 5.55. The summed E-state index contributed by atoms with van der Waals surface area (Å²) >= 11 is 1.79. The van der Waals surface area contributed by atoms with Crippen LogP contribution in [0.1, 0.15) is 31.1 Å². The molecule has 1 aromatic carbocycles. The highest BCUT2D eigenvalue weighted by atomic mass is 32.2. The van der Waals surface area contributed by atoms with Gasteiger partial charge in [-0.2, -0.15) is 11.8 Å². The largest absolute Gasteiger partial charge is 0.320 e. The number of aryl methyl sites for hydroxylation is 1. The summed E-state index contributed by atoms with van der Waals surface area (Å²) in [4.78, 5) is 14.1. The van der Waals surface area contributed by atoms with Crippen molar-refractivity contribution < 1.29 is 4.79 Å². The van der Waals surface area contributed by atoms with Crippen LogP contribution < -0.4 is 5.32 Å². The molecule has 2 rings (SSSR count). The summed E-state index contributed by atoms with van der Waals surface area (Å²) in [5, 5.41) is 3.31. The average molecular weight is 278 g/mol. The summed E-state index contributed by atoms with van der Waals surface area (Å²) in [6.45, 7) is 7.63. The summed E-state index contributed by atoms with van der Waals surface area (Å²) in [5.74, 6) is 0.189. The van der Waals surface area contributed by atoms with Crippen LogP contribution in [0.2, 0.25) is 0 Å². The zero-order valence-corrected chi connectivity index (χ0v) is 12.9. The predicted octanol–water partition coefficient (Wildman–Crippen LogP) is 2.57. The quantitative estimate of drug-likeness (QED) is 0.918. The Bertz CT molecular complexity index is 473. The number of thioether (sulfide) groups is 1. The molecule has 4 heteroatoms. The first kappa shape index (κ1) is 14.4.